The van der Waals surface area contributed by atoms with Gasteiger partial charge in [0.1, 0.15) is 5.69 Å². The maximum Gasteiger partial charge on any atom is 0.272 e. The van der Waals surface area contributed by atoms with E-state index in [1.54, 1.807) is 6.20 Å². The van der Waals surface area contributed by atoms with Crippen molar-refractivity contribution in [2.45, 2.75) is 0 Å². The second-order valence-corrected chi connectivity index (χ2v) is 3.91. The molecule has 0 saturated heterocycles. The summed E-state index contributed by atoms with van der Waals surface area (Å²) in [6.07, 6.45) is 3.06. The highest BCUT2D eigenvalue weighted by molar-refractivity contribution is 9.10. The van der Waals surface area contributed by atoms with Crippen molar-refractivity contribution in [3.63, 3.8) is 0 Å². The summed E-state index contributed by atoms with van der Waals surface area (Å²) in [6.45, 7) is 0. The number of benzene rings is 1. The first kappa shape index (κ1) is 10.7. The van der Waals surface area contributed by atoms with Crippen LogP contribution < -0.4 is 0 Å². The first-order valence-electron chi connectivity index (χ1n) is 4.22. The lowest BCUT2D eigenvalue weighted by molar-refractivity contribution is -0.385. The van der Waals surface area contributed by atoms with Crippen LogP contribution in [0.25, 0.3) is 5.69 Å². The first-order chi connectivity index (χ1) is 7.58. The summed E-state index contributed by atoms with van der Waals surface area (Å²) in [5.41, 5.74) is -0.122. The monoisotopic (exact) mass is 285 g/mol. The van der Waals surface area contributed by atoms with Crippen LogP contribution in [0.5, 0.6) is 0 Å². The van der Waals surface area contributed by atoms with Crippen molar-refractivity contribution in [3.05, 3.63) is 51.0 Å². The summed E-state index contributed by atoms with van der Waals surface area (Å²) >= 11 is 3.18. The van der Waals surface area contributed by atoms with Gasteiger partial charge in [-0.1, -0.05) is 0 Å². The molecular weight excluding hydrogens is 281 g/mol. The fourth-order valence-electron chi connectivity index (χ4n) is 1.23. The number of hydrogen-bond donors (Lipinski definition) is 0. The number of rotatable bonds is 2. The second kappa shape index (κ2) is 4.01. The fraction of sp³-hybridized carbons (Fsp3) is 0. The zero-order chi connectivity index (χ0) is 11.7. The molecule has 0 unspecified atom stereocenters. The Morgan fingerprint density at radius 2 is 2.25 bits per heavy atom. The van der Waals surface area contributed by atoms with E-state index in [9.17, 15) is 14.5 Å². The molecule has 5 nitrogen and oxygen atoms in total. The van der Waals surface area contributed by atoms with E-state index in [2.05, 4.69) is 21.0 Å². The largest absolute Gasteiger partial charge is 0.272 e. The van der Waals surface area contributed by atoms with Crippen molar-refractivity contribution in [1.29, 1.82) is 0 Å². The minimum Gasteiger partial charge on any atom is -0.258 e. The minimum atomic E-state index is -0.690. The lowest BCUT2D eigenvalue weighted by Crippen LogP contribution is -1.99. The predicted octanol–water partition coefficient (Wildman–Crippen LogP) is 2.68. The summed E-state index contributed by atoms with van der Waals surface area (Å²) in [4.78, 5) is 9.77. The summed E-state index contributed by atoms with van der Waals surface area (Å²) in [7, 11) is 0. The van der Waals surface area contributed by atoms with E-state index in [0.717, 1.165) is 6.07 Å². The average molecular weight is 286 g/mol. The molecule has 0 aliphatic carbocycles. The quantitative estimate of drug-likeness (QED) is 0.630. The molecule has 16 heavy (non-hydrogen) atoms. The maximum atomic E-state index is 13.5. The molecule has 0 atom stereocenters. The van der Waals surface area contributed by atoms with Crippen molar-refractivity contribution in [2.75, 3.05) is 0 Å². The molecule has 0 saturated carbocycles. The van der Waals surface area contributed by atoms with Gasteiger partial charge in [0.2, 0.25) is 0 Å². The van der Waals surface area contributed by atoms with Crippen LogP contribution >= 0.6 is 15.9 Å². The molecular formula is C9H5BrFN3O2. The number of nitro groups is 1. The van der Waals surface area contributed by atoms with Gasteiger partial charge in [0, 0.05) is 12.3 Å². The van der Waals surface area contributed by atoms with Gasteiger partial charge in [-0.2, -0.15) is 5.10 Å². The number of aromatic nitrogens is 2. The van der Waals surface area contributed by atoms with Gasteiger partial charge in [-0.3, -0.25) is 10.1 Å². The van der Waals surface area contributed by atoms with Crippen LogP contribution in [0, 0.1) is 15.9 Å². The van der Waals surface area contributed by atoms with Crippen molar-refractivity contribution >= 4 is 21.6 Å². The Balaban J connectivity index is 2.47. The summed E-state index contributed by atoms with van der Waals surface area (Å²) in [5, 5.41) is 14.3. The highest BCUT2D eigenvalue weighted by atomic mass is 79.9. The highest BCUT2D eigenvalue weighted by Gasteiger charge is 2.12. The molecule has 1 aromatic heterocycles. The van der Waals surface area contributed by atoms with Crippen LogP contribution in [0.1, 0.15) is 0 Å². The van der Waals surface area contributed by atoms with Gasteiger partial charge < -0.3 is 0 Å². The Morgan fingerprint density at radius 3 is 2.75 bits per heavy atom. The molecule has 2 rings (SSSR count). The van der Waals surface area contributed by atoms with Crippen molar-refractivity contribution in [1.82, 2.24) is 9.78 Å². The van der Waals surface area contributed by atoms with Crippen molar-refractivity contribution in [3.8, 4) is 5.69 Å². The Morgan fingerprint density at radius 1 is 1.50 bits per heavy atom. The molecule has 82 valence electrons. The standard InChI is InChI=1S/C9H5BrFN3O2/c10-6-4-12-13(5-6)9-2-1-7(14(15)16)3-8(9)11/h1-5H. The van der Waals surface area contributed by atoms with Gasteiger partial charge in [-0.25, -0.2) is 9.07 Å². The van der Waals surface area contributed by atoms with Gasteiger partial charge in [0.05, 0.1) is 21.7 Å². The third-order valence-electron chi connectivity index (χ3n) is 1.94. The lowest BCUT2D eigenvalue weighted by atomic mass is 10.3. The molecule has 2 aromatic rings. The molecule has 1 aromatic carbocycles. The van der Waals surface area contributed by atoms with E-state index in [0.29, 0.717) is 4.47 Å². The molecule has 7 heteroatoms. The smallest absolute Gasteiger partial charge is 0.258 e. The van der Waals surface area contributed by atoms with Gasteiger partial charge in [0.15, 0.2) is 5.82 Å². The predicted molar refractivity (Wildman–Crippen MR) is 57.9 cm³/mol. The van der Waals surface area contributed by atoms with E-state index in [1.165, 1.54) is 23.0 Å². The molecule has 0 amide bonds. The van der Waals surface area contributed by atoms with Crippen LogP contribution in [0.15, 0.2) is 35.1 Å². The molecule has 0 aliphatic rings. The van der Waals surface area contributed by atoms with Crippen LogP contribution in [0.3, 0.4) is 0 Å². The van der Waals surface area contributed by atoms with E-state index >= 15 is 0 Å². The number of halogens is 2. The Hall–Kier alpha value is -1.76. The molecule has 0 radical (unpaired) electrons. The van der Waals surface area contributed by atoms with Crippen molar-refractivity contribution in [2.24, 2.45) is 0 Å². The summed E-state index contributed by atoms with van der Waals surface area (Å²) < 4.78 is 15.5. The molecule has 0 aliphatic heterocycles. The summed E-state index contributed by atoms with van der Waals surface area (Å²) in [6, 6.07) is 3.41. The fourth-order valence-corrected chi connectivity index (χ4v) is 1.51. The number of nitrogens with zero attached hydrogens (tertiary/aromatic N) is 3. The Bertz CT molecular complexity index is 555. The maximum absolute atomic E-state index is 13.5. The minimum absolute atomic E-state index is 0.163. The number of non-ortho nitro benzene ring substituents is 1. The van der Waals surface area contributed by atoms with Crippen LogP contribution in [0.2, 0.25) is 0 Å². The lowest BCUT2D eigenvalue weighted by Gasteiger charge is -2.02. The van der Waals surface area contributed by atoms with E-state index in [4.69, 9.17) is 0 Å². The number of hydrogen-bond acceptors (Lipinski definition) is 3. The Kier molecular flexibility index (Phi) is 2.69. The Labute approximate surface area is 97.8 Å². The molecule has 0 bridgehead atoms. The number of nitro benzene ring substituents is 1. The average Bonchev–Trinajstić information content (AvgIpc) is 2.64. The first-order valence-corrected chi connectivity index (χ1v) is 5.02. The van der Waals surface area contributed by atoms with Gasteiger partial charge in [-0.05, 0) is 22.0 Å². The third-order valence-corrected chi connectivity index (χ3v) is 2.35. The molecule has 0 spiro atoms. The zero-order valence-electron chi connectivity index (χ0n) is 7.80. The molecule has 0 N–H and O–H groups in total. The third kappa shape index (κ3) is 1.94. The van der Waals surface area contributed by atoms with Gasteiger partial charge in [-0.15, -0.1) is 0 Å². The normalized spacial score (nSPS) is 10.4. The second-order valence-electron chi connectivity index (χ2n) is 3.00. The molecule has 0 fully saturated rings. The van der Waals surface area contributed by atoms with E-state index < -0.39 is 10.7 Å². The van der Waals surface area contributed by atoms with Gasteiger partial charge >= 0.3 is 0 Å². The van der Waals surface area contributed by atoms with E-state index in [-0.39, 0.29) is 11.4 Å². The summed E-state index contributed by atoms with van der Waals surface area (Å²) in [5.74, 6) is -0.690. The van der Waals surface area contributed by atoms with Crippen LogP contribution in [-0.2, 0) is 0 Å². The zero-order valence-corrected chi connectivity index (χ0v) is 9.39. The van der Waals surface area contributed by atoms with Crippen LogP contribution in [-0.4, -0.2) is 14.7 Å². The van der Waals surface area contributed by atoms with E-state index in [1.807, 2.05) is 0 Å². The topological polar surface area (TPSA) is 61.0 Å². The SMILES string of the molecule is O=[N+]([O-])c1ccc(-n2cc(Br)cn2)c(F)c1. The van der Waals surface area contributed by atoms with Crippen molar-refractivity contribution < 1.29 is 9.31 Å². The highest BCUT2D eigenvalue weighted by Crippen LogP contribution is 2.20. The molecule has 1 heterocycles. The van der Waals surface area contributed by atoms with Gasteiger partial charge in [0.25, 0.3) is 5.69 Å². The van der Waals surface area contributed by atoms with Crippen LogP contribution in [0.4, 0.5) is 10.1 Å².